The smallest absolute Gasteiger partial charge is 0.338 e. The van der Waals surface area contributed by atoms with Gasteiger partial charge in [0.25, 0.3) is 0 Å². The molecule has 0 aliphatic carbocycles. The largest absolute Gasteiger partial charge is 0.452 e. The molecule has 3 atom stereocenters. The fraction of sp³-hybridized carbons (Fsp3) is 0.467. The molecule has 21 heavy (non-hydrogen) atoms. The second kappa shape index (κ2) is 5.42. The highest BCUT2D eigenvalue weighted by molar-refractivity contribution is 9.10. The van der Waals surface area contributed by atoms with Crippen molar-refractivity contribution >= 4 is 27.9 Å². The van der Waals surface area contributed by atoms with E-state index >= 15 is 0 Å². The lowest BCUT2D eigenvalue weighted by molar-refractivity contribution is -0.157. The lowest BCUT2D eigenvalue weighted by atomic mass is 9.90. The first-order valence-corrected chi connectivity index (χ1v) is 7.64. The van der Waals surface area contributed by atoms with Crippen molar-refractivity contribution in [1.29, 1.82) is 0 Å². The zero-order valence-corrected chi connectivity index (χ0v) is 13.1. The summed E-state index contributed by atoms with van der Waals surface area (Å²) in [5.41, 5.74) is -0.375. The number of esters is 2. The number of carbonyl (C=O) groups is 2. The average molecular weight is 355 g/mol. The molecule has 0 saturated carbocycles. The molecule has 0 bridgehead atoms. The maximum atomic E-state index is 12.2. The molecule has 112 valence electrons. The number of halogens is 1. The van der Waals surface area contributed by atoms with Crippen LogP contribution >= 0.6 is 15.9 Å². The van der Waals surface area contributed by atoms with Crippen molar-refractivity contribution in [3.8, 4) is 0 Å². The summed E-state index contributed by atoms with van der Waals surface area (Å²) in [5.74, 6) is -0.737. The Balaban J connectivity index is 1.77. The lowest BCUT2D eigenvalue weighted by Gasteiger charge is -2.30. The molecule has 2 aliphatic heterocycles. The van der Waals surface area contributed by atoms with Crippen LogP contribution in [0.15, 0.2) is 28.7 Å². The van der Waals surface area contributed by atoms with Crippen LogP contribution in [0.5, 0.6) is 0 Å². The summed E-state index contributed by atoms with van der Waals surface area (Å²) < 4.78 is 17.4. The van der Waals surface area contributed by atoms with Crippen LogP contribution in [0.3, 0.4) is 0 Å². The third kappa shape index (κ3) is 2.46. The average Bonchev–Trinajstić information content (AvgIpc) is 2.95. The zero-order chi connectivity index (χ0) is 15.0. The van der Waals surface area contributed by atoms with Gasteiger partial charge in [-0.2, -0.15) is 0 Å². The summed E-state index contributed by atoms with van der Waals surface area (Å²) >= 11 is 3.32. The molecule has 0 amide bonds. The van der Waals surface area contributed by atoms with Gasteiger partial charge in [-0.05, 0) is 30.7 Å². The number of fused-ring (bicyclic) bond motifs is 1. The second-order valence-electron chi connectivity index (χ2n) is 5.21. The van der Waals surface area contributed by atoms with Gasteiger partial charge in [-0.25, -0.2) is 4.79 Å². The second-order valence-corrected chi connectivity index (χ2v) is 6.13. The van der Waals surface area contributed by atoms with Crippen LogP contribution in [-0.2, 0) is 19.0 Å². The maximum Gasteiger partial charge on any atom is 0.338 e. The van der Waals surface area contributed by atoms with Crippen LogP contribution in [0, 0.1) is 0 Å². The number of carbonyl (C=O) groups excluding carboxylic acids is 2. The highest BCUT2D eigenvalue weighted by Crippen LogP contribution is 2.42. The third-order valence-electron chi connectivity index (χ3n) is 4.08. The third-order valence-corrected chi connectivity index (χ3v) is 4.61. The van der Waals surface area contributed by atoms with Crippen LogP contribution in [-0.4, -0.2) is 36.4 Å². The molecule has 0 aromatic heterocycles. The van der Waals surface area contributed by atoms with Gasteiger partial charge < -0.3 is 14.2 Å². The lowest BCUT2D eigenvalue weighted by Crippen LogP contribution is -2.46. The summed E-state index contributed by atoms with van der Waals surface area (Å²) in [5, 5.41) is 0. The SMILES string of the molecule is CC[C@@]12OC(=O)C[C@@H]1OC[C@H]2OC(=O)c1ccc(Br)cc1. The minimum absolute atomic E-state index is 0.222. The minimum atomic E-state index is -0.831. The first kappa shape index (κ1) is 14.5. The molecule has 1 aromatic rings. The van der Waals surface area contributed by atoms with Gasteiger partial charge in [0.15, 0.2) is 11.7 Å². The van der Waals surface area contributed by atoms with Crippen LogP contribution in [0.2, 0.25) is 0 Å². The van der Waals surface area contributed by atoms with E-state index in [9.17, 15) is 9.59 Å². The quantitative estimate of drug-likeness (QED) is 0.780. The van der Waals surface area contributed by atoms with E-state index in [2.05, 4.69) is 15.9 Å². The van der Waals surface area contributed by atoms with Gasteiger partial charge >= 0.3 is 11.9 Å². The van der Waals surface area contributed by atoms with E-state index in [4.69, 9.17) is 14.2 Å². The van der Waals surface area contributed by atoms with Crippen molar-refractivity contribution in [2.45, 2.75) is 37.6 Å². The Labute approximate surface area is 130 Å². The molecule has 3 rings (SSSR count). The van der Waals surface area contributed by atoms with Crippen LogP contribution in [0.4, 0.5) is 0 Å². The predicted molar refractivity (Wildman–Crippen MR) is 76.8 cm³/mol. The Morgan fingerprint density at radius 2 is 2.14 bits per heavy atom. The van der Waals surface area contributed by atoms with E-state index in [-0.39, 0.29) is 25.1 Å². The monoisotopic (exact) mass is 354 g/mol. The number of benzene rings is 1. The molecule has 1 aromatic carbocycles. The number of ether oxygens (including phenoxy) is 3. The molecule has 0 spiro atoms. The summed E-state index contributed by atoms with van der Waals surface area (Å²) in [7, 11) is 0. The van der Waals surface area contributed by atoms with Crippen LogP contribution in [0.1, 0.15) is 30.1 Å². The van der Waals surface area contributed by atoms with Gasteiger partial charge in [0.2, 0.25) is 0 Å². The number of hydrogen-bond donors (Lipinski definition) is 0. The van der Waals surface area contributed by atoms with Crippen molar-refractivity contribution in [1.82, 2.24) is 0 Å². The molecule has 2 aliphatic rings. The van der Waals surface area contributed by atoms with E-state index in [1.807, 2.05) is 6.92 Å². The topological polar surface area (TPSA) is 61.8 Å². The molecule has 0 unspecified atom stereocenters. The normalized spacial score (nSPS) is 30.9. The molecular weight excluding hydrogens is 340 g/mol. The van der Waals surface area contributed by atoms with E-state index in [0.717, 1.165) is 4.47 Å². The Morgan fingerprint density at radius 3 is 2.81 bits per heavy atom. The van der Waals surface area contributed by atoms with Crippen LogP contribution in [0.25, 0.3) is 0 Å². The first-order chi connectivity index (χ1) is 10.0. The molecular formula is C15H15BrO5. The molecule has 2 heterocycles. The fourth-order valence-electron chi connectivity index (χ4n) is 2.91. The van der Waals surface area contributed by atoms with Gasteiger partial charge in [-0.15, -0.1) is 0 Å². The van der Waals surface area contributed by atoms with Gasteiger partial charge in [-0.1, -0.05) is 22.9 Å². The molecule has 6 heteroatoms. The van der Waals surface area contributed by atoms with Gasteiger partial charge in [0.05, 0.1) is 18.6 Å². The minimum Gasteiger partial charge on any atom is -0.452 e. The van der Waals surface area contributed by atoms with Crippen molar-refractivity contribution in [3.05, 3.63) is 34.3 Å². The van der Waals surface area contributed by atoms with E-state index in [1.165, 1.54) is 0 Å². The van der Waals surface area contributed by atoms with E-state index in [1.54, 1.807) is 24.3 Å². The maximum absolute atomic E-state index is 12.2. The summed E-state index contributed by atoms with van der Waals surface area (Å²) in [6, 6.07) is 6.91. The van der Waals surface area contributed by atoms with Gasteiger partial charge in [-0.3, -0.25) is 4.79 Å². The van der Waals surface area contributed by atoms with Gasteiger partial charge in [0, 0.05) is 4.47 Å². The summed E-state index contributed by atoms with van der Waals surface area (Å²) in [6.07, 6.45) is -0.102. The molecule has 2 saturated heterocycles. The summed E-state index contributed by atoms with van der Waals surface area (Å²) in [4.78, 5) is 23.7. The Kier molecular flexibility index (Phi) is 3.75. The number of rotatable bonds is 3. The van der Waals surface area contributed by atoms with Crippen molar-refractivity contribution in [2.75, 3.05) is 6.61 Å². The highest BCUT2D eigenvalue weighted by atomic mass is 79.9. The zero-order valence-electron chi connectivity index (χ0n) is 11.5. The number of hydrogen-bond acceptors (Lipinski definition) is 5. The van der Waals surface area contributed by atoms with E-state index < -0.39 is 17.7 Å². The summed E-state index contributed by atoms with van der Waals surface area (Å²) in [6.45, 7) is 2.16. The van der Waals surface area contributed by atoms with E-state index in [0.29, 0.717) is 12.0 Å². The van der Waals surface area contributed by atoms with Crippen molar-refractivity contribution in [2.24, 2.45) is 0 Å². The Hall–Kier alpha value is -1.40. The van der Waals surface area contributed by atoms with Crippen molar-refractivity contribution in [3.63, 3.8) is 0 Å². The van der Waals surface area contributed by atoms with Gasteiger partial charge in [0.1, 0.15) is 6.10 Å². The first-order valence-electron chi connectivity index (χ1n) is 6.85. The van der Waals surface area contributed by atoms with Crippen LogP contribution < -0.4 is 0 Å². The fourth-order valence-corrected chi connectivity index (χ4v) is 3.17. The highest BCUT2D eigenvalue weighted by Gasteiger charge is 2.60. The predicted octanol–water partition coefficient (Wildman–Crippen LogP) is 2.47. The standard InChI is InChI=1S/C15H15BrO5/c1-2-15-11(7-13(17)21-15)19-8-12(15)20-14(18)9-3-5-10(16)6-4-9/h3-6,11-12H,2,7-8H2,1H3/t11-,12+,15+/m0/s1. The molecule has 2 fully saturated rings. The molecule has 0 N–H and O–H groups in total. The molecule has 0 radical (unpaired) electrons. The molecule has 5 nitrogen and oxygen atoms in total. The van der Waals surface area contributed by atoms with Crippen molar-refractivity contribution < 1.29 is 23.8 Å². The Morgan fingerprint density at radius 1 is 1.43 bits per heavy atom. The Bertz CT molecular complexity index is 570.